The van der Waals surface area contributed by atoms with Crippen molar-refractivity contribution in [2.75, 3.05) is 0 Å². The first-order valence-corrected chi connectivity index (χ1v) is 8.15. The Bertz CT molecular complexity index is 287. The van der Waals surface area contributed by atoms with Gasteiger partial charge in [0.2, 0.25) is 0 Å². The lowest BCUT2D eigenvalue weighted by molar-refractivity contribution is -0.0901. The van der Waals surface area contributed by atoms with Gasteiger partial charge in [0, 0.05) is 0 Å². The Morgan fingerprint density at radius 2 is 1.44 bits per heavy atom. The molecule has 102 valence electrons. The van der Waals surface area contributed by atoms with E-state index < -0.39 is 0 Å². The minimum Gasteiger partial charge on any atom is -0.0721 e. The fourth-order valence-corrected chi connectivity index (χ4v) is 5.54. The summed E-state index contributed by atoms with van der Waals surface area (Å²) in [6, 6.07) is 0. The van der Waals surface area contributed by atoms with Crippen molar-refractivity contribution in [3.8, 4) is 0 Å². The van der Waals surface area contributed by atoms with Crippen LogP contribution in [0.15, 0.2) is 0 Å². The highest BCUT2D eigenvalue weighted by atomic mass is 14.6. The summed E-state index contributed by atoms with van der Waals surface area (Å²) in [7, 11) is 6.46. The Morgan fingerprint density at radius 3 is 2.00 bits per heavy atom. The summed E-state index contributed by atoms with van der Waals surface area (Å²) in [5.41, 5.74) is 0. The molecule has 2 rings (SSSR count). The van der Waals surface area contributed by atoms with Gasteiger partial charge in [-0.2, -0.15) is 0 Å². The molecule has 9 atom stereocenters. The highest BCUT2D eigenvalue weighted by molar-refractivity contribution is 6.12. The third-order valence-electron chi connectivity index (χ3n) is 6.79. The lowest BCUT2D eigenvalue weighted by Gasteiger charge is -2.58. The van der Waals surface area contributed by atoms with Crippen LogP contribution >= 0.6 is 0 Å². The molecule has 0 aromatic carbocycles. The Balaban J connectivity index is 2.16. The number of hydrogen-bond donors (Lipinski definition) is 0. The van der Waals surface area contributed by atoms with Gasteiger partial charge in [0.15, 0.2) is 0 Å². The van der Waals surface area contributed by atoms with Gasteiger partial charge in [-0.05, 0) is 53.8 Å². The predicted octanol–water partition coefficient (Wildman–Crippen LogP) is 4.80. The number of hydrogen-bond acceptors (Lipinski definition) is 0. The molecule has 0 spiro atoms. The minimum atomic E-state index is 0.423. The molecule has 0 saturated heterocycles. The highest BCUT2D eigenvalue weighted by Crippen LogP contribution is 2.58. The molecule has 0 N–H and O–H groups in total. The average molecular weight is 246 g/mol. The van der Waals surface area contributed by atoms with E-state index in [2.05, 4.69) is 41.5 Å². The Kier molecular flexibility index (Phi) is 4.19. The Labute approximate surface area is 116 Å². The first kappa shape index (κ1) is 14.5. The largest absolute Gasteiger partial charge is 0.0721 e. The molecule has 1 unspecified atom stereocenters. The van der Waals surface area contributed by atoms with Crippen LogP contribution in [-0.4, -0.2) is 7.85 Å². The van der Waals surface area contributed by atoms with Gasteiger partial charge in [0.1, 0.15) is 0 Å². The third-order valence-corrected chi connectivity index (χ3v) is 6.79. The van der Waals surface area contributed by atoms with Crippen LogP contribution in [0.1, 0.15) is 54.4 Å². The molecule has 18 heavy (non-hydrogen) atoms. The molecule has 0 nitrogen and oxygen atoms in total. The van der Waals surface area contributed by atoms with Gasteiger partial charge in [-0.3, -0.25) is 0 Å². The predicted molar refractivity (Wildman–Crippen MR) is 80.7 cm³/mol. The van der Waals surface area contributed by atoms with Crippen molar-refractivity contribution in [3.05, 3.63) is 0 Å². The second kappa shape index (κ2) is 5.21. The van der Waals surface area contributed by atoms with Crippen LogP contribution in [0.4, 0.5) is 0 Å². The first-order valence-electron chi connectivity index (χ1n) is 8.15. The topological polar surface area (TPSA) is 0 Å². The third kappa shape index (κ3) is 2.06. The molecule has 0 aliphatic heterocycles. The van der Waals surface area contributed by atoms with Gasteiger partial charge in [0.25, 0.3) is 0 Å². The summed E-state index contributed by atoms with van der Waals surface area (Å²) in [5.74, 6) is 7.30. The second-order valence-corrected chi connectivity index (χ2v) is 7.57. The van der Waals surface area contributed by atoms with E-state index in [-0.39, 0.29) is 0 Å². The van der Waals surface area contributed by atoms with Gasteiger partial charge < -0.3 is 0 Å². The van der Waals surface area contributed by atoms with Gasteiger partial charge >= 0.3 is 0 Å². The molecular weight excluding hydrogens is 215 g/mol. The zero-order valence-electron chi connectivity index (χ0n) is 13.2. The summed E-state index contributed by atoms with van der Waals surface area (Å²) >= 11 is 0. The molecule has 1 heteroatoms. The molecule has 0 aromatic rings. The standard InChI is InChI=1S/C17H31B/c1-7-14-11(4)12(5)16(14)15-9(2)8-10(3)17(18)13(15)6/h9-17H,7-8H2,1-6H3/t9-,10-,11+,12-,13-,14+,15-,16?,17-/m0/s1. The van der Waals surface area contributed by atoms with E-state index in [1.807, 2.05) is 0 Å². The zero-order valence-corrected chi connectivity index (χ0v) is 13.2. The Hall–Kier alpha value is 0.0649. The van der Waals surface area contributed by atoms with Crippen LogP contribution in [0.3, 0.4) is 0 Å². The second-order valence-electron chi connectivity index (χ2n) is 7.57. The smallest absolute Gasteiger partial charge is 0.0706 e. The molecule has 0 aromatic heterocycles. The molecule has 2 aliphatic carbocycles. The van der Waals surface area contributed by atoms with Crippen LogP contribution in [0, 0.1) is 47.3 Å². The van der Waals surface area contributed by atoms with Crippen LogP contribution in [0.2, 0.25) is 5.82 Å². The first-order chi connectivity index (χ1) is 8.40. The molecule has 2 radical (unpaired) electrons. The Morgan fingerprint density at radius 1 is 0.833 bits per heavy atom. The molecule has 2 saturated carbocycles. The van der Waals surface area contributed by atoms with E-state index in [0.717, 1.165) is 35.5 Å². The zero-order chi connectivity index (χ0) is 13.6. The van der Waals surface area contributed by atoms with Crippen molar-refractivity contribution in [1.82, 2.24) is 0 Å². The molecular formula is C17H31B. The van der Waals surface area contributed by atoms with E-state index in [4.69, 9.17) is 7.85 Å². The van der Waals surface area contributed by atoms with E-state index >= 15 is 0 Å². The van der Waals surface area contributed by atoms with Gasteiger partial charge in [-0.1, -0.05) is 53.8 Å². The lowest BCUT2D eigenvalue weighted by atomic mass is 9.45. The molecule has 2 aliphatic rings. The maximum absolute atomic E-state index is 6.46. The SMILES string of the molecule is [B][C@@H]1[C@@H](C)[C@@H](C2[C@@H](C)[C@@H](C)[C@H]2CC)[C@@H](C)C[C@@H]1C. The van der Waals surface area contributed by atoms with Gasteiger partial charge in [0.05, 0.1) is 7.85 Å². The van der Waals surface area contributed by atoms with Gasteiger partial charge in [-0.15, -0.1) is 0 Å². The maximum Gasteiger partial charge on any atom is 0.0706 e. The van der Waals surface area contributed by atoms with Crippen LogP contribution in [0.25, 0.3) is 0 Å². The molecule has 0 amide bonds. The minimum absolute atomic E-state index is 0.423. The fourth-order valence-electron chi connectivity index (χ4n) is 5.54. The monoisotopic (exact) mass is 246 g/mol. The average Bonchev–Trinajstić information content (AvgIpc) is 2.34. The number of rotatable bonds is 2. The molecule has 0 bridgehead atoms. The van der Waals surface area contributed by atoms with Crippen molar-refractivity contribution in [2.45, 2.75) is 60.2 Å². The van der Waals surface area contributed by atoms with Crippen molar-refractivity contribution < 1.29 is 0 Å². The summed E-state index contributed by atoms with van der Waals surface area (Å²) in [4.78, 5) is 0. The normalized spacial score (nSPS) is 57.1. The van der Waals surface area contributed by atoms with Gasteiger partial charge in [-0.25, -0.2) is 0 Å². The van der Waals surface area contributed by atoms with Crippen molar-refractivity contribution in [3.63, 3.8) is 0 Å². The fraction of sp³-hybridized carbons (Fsp3) is 1.00. The summed E-state index contributed by atoms with van der Waals surface area (Å²) in [5, 5.41) is 0. The lowest BCUT2D eigenvalue weighted by Crippen LogP contribution is -2.52. The highest BCUT2D eigenvalue weighted by Gasteiger charge is 2.52. The quantitative estimate of drug-likeness (QED) is 0.614. The molecule has 0 heterocycles. The van der Waals surface area contributed by atoms with Crippen LogP contribution in [0.5, 0.6) is 0 Å². The van der Waals surface area contributed by atoms with Crippen LogP contribution in [-0.2, 0) is 0 Å². The van der Waals surface area contributed by atoms with E-state index in [0.29, 0.717) is 17.7 Å². The van der Waals surface area contributed by atoms with E-state index in [1.54, 1.807) is 0 Å². The summed E-state index contributed by atoms with van der Waals surface area (Å²) in [6.45, 7) is 14.6. The van der Waals surface area contributed by atoms with Crippen molar-refractivity contribution in [2.24, 2.45) is 47.3 Å². The maximum atomic E-state index is 6.46. The van der Waals surface area contributed by atoms with Crippen molar-refractivity contribution in [1.29, 1.82) is 0 Å². The van der Waals surface area contributed by atoms with E-state index in [1.165, 1.54) is 12.8 Å². The summed E-state index contributed by atoms with van der Waals surface area (Å²) < 4.78 is 0. The van der Waals surface area contributed by atoms with Crippen molar-refractivity contribution >= 4 is 7.85 Å². The van der Waals surface area contributed by atoms with E-state index in [9.17, 15) is 0 Å². The summed E-state index contributed by atoms with van der Waals surface area (Å²) in [6.07, 6.45) is 2.70. The molecule has 2 fully saturated rings. The van der Waals surface area contributed by atoms with Crippen LogP contribution < -0.4 is 0 Å².